The zero-order valence-corrected chi connectivity index (χ0v) is 8.55. The van der Waals surface area contributed by atoms with Gasteiger partial charge >= 0.3 is 0 Å². The molecule has 3 nitrogen and oxygen atoms in total. The van der Waals surface area contributed by atoms with Gasteiger partial charge in [0.25, 0.3) is 0 Å². The van der Waals surface area contributed by atoms with E-state index in [1.54, 1.807) is 0 Å². The Morgan fingerprint density at radius 1 is 1.54 bits per heavy atom. The molecule has 0 radical (unpaired) electrons. The molecule has 1 aliphatic rings. The average Bonchev–Trinajstić information content (AvgIpc) is 2.86. The summed E-state index contributed by atoms with van der Waals surface area (Å²) < 4.78 is 0. The van der Waals surface area contributed by atoms with Crippen molar-refractivity contribution in [2.24, 2.45) is 11.7 Å². The summed E-state index contributed by atoms with van der Waals surface area (Å²) in [5, 5.41) is 7.11. The second-order valence-corrected chi connectivity index (χ2v) is 3.97. The summed E-state index contributed by atoms with van der Waals surface area (Å²) in [5.74, 6) is 1.29. The van der Waals surface area contributed by atoms with Gasteiger partial charge in [0.2, 0.25) is 0 Å². The third-order valence-corrected chi connectivity index (χ3v) is 2.58. The fourth-order valence-corrected chi connectivity index (χ4v) is 1.54. The fraction of sp³-hybridized carbons (Fsp3) is 0.900. The van der Waals surface area contributed by atoms with E-state index in [1.165, 1.54) is 19.4 Å². The van der Waals surface area contributed by atoms with Crippen LogP contribution in [0.15, 0.2) is 0 Å². The minimum Gasteiger partial charge on any atom is -0.388 e. The molecule has 3 heteroatoms. The zero-order chi connectivity index (χ0) is 9.68. The molecule has 0 bridgehead atoms. The van der Waals surface area contributed by atoms with E-state index < -0.39 is 0 Å². The van der Waals surface area contributed by atoms with Gasteiger partial charge < -0.3 is 10.6 Å². The Bertz CT molecular complexity index is 164. The van der Waals surface area contributed by atoms with E-state index >= 15 is 0 Å². The van der Waals surface area contributed by atoms with Crippen molar-refractivity contribution in [2.75, 3.05) is 19.6 Å². The lowest BCUT2D eigenvalue weighted by molar-refractivity contribution is 0.275. The number of nitrogens with one attached hydrogen (secondary N) is 1. The SMILES string of the molecule is CCN(CCCC(=N)N)CC1CC1. The van der Waals surface area contributed by atoms with Gasteiger partial charge in [0.15, 0.2) is 0 Å². The maximum absolute atomic E-state index is 7.11. The Morgan fingerprint density at radius 3 is 2.69 bits per heavy atom. The van der Waals surface area contributed by atoms with E-state index in [0.29, 0.717) is 5.84 Å². The van der Waals surface area contributed by atoms with E-state index in [-0.39, 0.29) is 0 Å². The quantitative estimate of drug-likeness (QED) is 0.463. The van der Waals surface area contributed by atoms with Crippen LogP contribution in [0.5, 0.6) is 0 Å². The van der Waals surface area contributed by atoms with Gasteiger partial charge in [-0.05, 0) is 38.3 Å². The summed E-state index contributed by atoms with van der Waals surface area (Å²) in [6.07, 6.45) is 4.63. The third-order valence-electron chi connectivity index (χ3n) is 2.58. The highest BCUT2D eigenvalue weighted by atomic mass is 15.1. The van der Waals surface area contributed by atoms with Gasteiger partial charge in [-0.15, -0.1) is 0 Å². The van der Waals surface area contributed by atoms with E-state index in [9.17, 15) is 0 Å². The van der Waals surface area contributed by atoms with Crippen molar-refractivity contribution in [1.82, 2.24) is 4.90 Å². The molecule has 0 aliphatic heterocycles. The minimum absolute atomic E-state index is 0.322. The molecule has 76 valence electrons. The van der Waals surface area contributed by atoms with Gasteiger partial charge in [0.1, 0.15) is 0 Å². The molecule has 0 amide bonds. The second kappa shape index (κ2) is 5.22. The molecule has 1 rings (SSSR count). The van der Waals surface area contributed by atoms with Crippen LogP contribution in [0, 0.1) is 11.3 Å². The van der Waals surface area contributed by atoms with Crippen molar-refractivity contribution >= 4 is 5.84 Å². The summed E-state index contributed by atoms with van der Waals surface area (Å²) in [4.78, 5) is 2.47. The van der Waals surface area contributed by atoms with Gasteiger partial charge in [0.05, 0.1) is 5.84 Å². The van der Waals surface area contributed by atoms with Gasteiger partial charge in [-0.3, -0.25) is 5.41 Å². The molecule has 1 aliphatic carbocycles. The molecule has 13 heavy (non-hydrogen) atoms. The smallest absolute Gasteiger partial charge is 0.0905 e. The van der Waals surface area contributed by atoms with Gasteiger partial charge in [-0.25, -0.2) is 0 Å². The molecule has 0 saturated heterocycles. The van der Waals surface area contributed by atoms with Crippen molar-refractivity contribution in [2.45, 2.75) is 32.6 Å². The first-order valence-corrected chi connectivity index (χ1v) is 5.27. The number of amidine groups is 1. The normalized spacial score (nSPS) is 16.5. The van der Waals surface area contributed by atoms with Crippen LogP contribution in [0.4, 0.5) is 0 Å². The van der Waals surface area contributed by atoms with Crippen molar-refractivity contribution in [3.8, 4) is 0 Å². The Hall–Kier alpha value is -0.570. The van der Waals surface area contributed by atoms with Crippen LogP contribution < -0.4 is 5.73 Å². The largest absolute Gasteiger partial charge is 0.388 e. The first-order valence-electron chi connectivity index (χ1n) is 5.27. The molecule has 0 heterocycles. The van der Waals surface area contributed by atoms with E-state index in [1.807, 2.05) is 0 Å². The minimum atomic E-state index is 0.322. The van der Waals surface area contributed by atoms with Crippen LogP contribution in [-0.4, -0.2) is 30.4 Å². The van der Waals surface area contributed by atoms with Crippen LogP contribution in [0.2, 0.25) is 0 Å². The third kappa shape index (κ3) is 4.88. The fourth-order valence-electron chi connectivity index (χ4n) is 1.54. The molecular weight excluding hydrogens is 162 g/mol. The highest BCUT2D eigenvalue weighted by Gasteiger charge is 2.23. The first-order chi connectivity index (χ1) is 6.22. The topological polar surface area (TPSA) is 53.1 Å². The van der Waals surface area contributed by atoms with Gasteiger partial charge in [-0.2, -0.15) is 0 Å². The molecule has 0 aromatic heterocycles. The van der Waals surface area contributed by atoms with Crippen molar-refractivity contribution in [3.05, 3.63) is 0 Å². The summed E-state index contributed by atoms with van der Waals surface area (Å²) in [6, 6.07) is 0. The van der Waals surface area contributed by atoms with E-state index in [2.05, 4.69) is 11.8 Å². The molecule has 0 spiro atoms. The van der Waals surface area contributed by atoms with Crippen LogP contribution in [0.3, 0.4) is 0 Å². The molecule has 0 aromatic rings. The number of rotatable bonds is 7. The molecule has 0 atom stereocenters. The van der Waals surface area contributed by atoms with Crippen molar-refractivity contribution < 1.29 is 0 Å². The van der Waals surface area contributed by atoms with E-state index in [4.69, 9.17) is 11.1 Å². The lowest BCUT2D eigenvalue weighted by atomic mass is 10.2. The number of nitrogens with zero attached hydrogens (tertiary/aromatic N) is 1. The highest BCUT2D eigenvalue weighted by molar-refractivity contribution is 5.76. The van der Waals surface area contributed by atoms with Crippen molar-refractivity contribution in [3.63, 3.8) is 0 Å². The lowest BCUT2D eigenvalue weighted by Crippen LogP contribution is -2.27. The first kappa shape index (κ1) is 10.5. The van der Waals surface area contributed by atoms with Crippen molar-refractivity contribution in [1.29, 1.82) is 5.41 Å². The standard InChI is InChI=1S/C10H21N3/c1-2-13(8-9-5-6-9)7-3-4-10(11)12/h9H,2-8H2,1H3,(H3,11,12). The molecule has 1 fully saturated rings. The predicted molar refractivity (Wildman–Crippen MR) is 56.0 cm³/mol. The van der Waals surface area contributed by atoms with Gasteiger partial charge in [0, 0.05) is 13.0 Å². The number of hydrogen-bond donors (Lipinski definition) is 2. The number of hydrogen-bond acceptors (Lipinski definition) is 2. The highest BCUT2D eigenvalue weighted by Crippen LogP contribution is 2.29. The Balaban J connectivity index is 2.04. The Labute approximate surface area is 80.8 Å². The summed E-state index contributed by atoms with van der Waals surface area (Å²) in [6.45, 7) is 5.70. The molecule has 0 aromatic carbocycles. The molecule has 0 unspecified atom stereocenters. The maximum Gasteiger partial charge on any atom is 0.0905 e. The average molecular weight is 183 g/mol. The van der Waals surface area contributed by atoms with Crippen LogP contribution in [-0.2, 0) is 0 Å². The van der Waals surface area contributed by atoms with Crippen LogP contribution >= 0.6 is 0 Å². The monoisotopic (exact) mass is 183 g/mol. The lowest BCUT2D eigenvalue weighted by Gasteiger charge is -2.19. The van der Waals surface area contributed by atoms with Crippen LogP contribution in [0.1, 0.15) is 32.6 Å². The maximum atomic E-state index is 7.11. The molecule has 1 saturated carbocycles. The number of nitrogens with two attached hydrogens (primary N) is 1. The van der Waals surface area contributed by atoms with E-state index in [0.717, 1.165) is 31.8 Å². The molecule has 3 N–H and O–H groups in total. The van der Waals surface area contributed by atoms with Crippen LogP contribution in [0.25, 0.3) is 0 Å². The second-order valence-electron chi connectivity index (χ2n) is 3.97. The summed E-state index contributed by atoms with van der Waals surface area (Å²) in [5.41, 5.74) is 5.30. The zero-order valence-electron chi connectivity index (χ0n) is 8.55. The summed E-state index contributed by atoms with van der Waals surface area (Å²) in [7, 11) is 0. The molecular formula is C10H21N3. The Morgan fingerprint density at radius 2 is 2.23 bits per heavy atom. The summed E-state index contributed by atoms with van der Waals surface area (Å²) >= 11 is 0. The van der Waals surface area contributed by atoms with Gasteiger partial charge in [-0.1, -0.05) is 6.92 Å². The Kier molecular flexibility index (Phi) is 4.22. The predicted octanol–water partition coefficient (Wildman–Crippen LogP) is 1.43.